The third-order valence-corrected chi connectivity index (χ3v) is 6.35. The van der Waals surface area contributed by atoms with E-state index < -0.39 is 0 Å². The molecule has 2 N–H and O–H groups in total. The lowest BCUT2D eigenvalue weighted by atomic mass is 9.98. The van der Waals surface area contributed by atoms with E-state index >= 15 is 0 Å². The van der Waals surface area contributed by atoms with E-state index in [2.05, 4.69) is 15.0 Å². The van der Waals surface area contributed by atoms with Gasteiger partial charge in [0.2, 0.25) is 0 Å². The monoisotopic (exact) mass is 418 g/mol. The topological polar surface area (TPSA) is 99.2 Å². The molecule has 1 unspecified atom stereocenters. The average Bonchev–Trinajstić information content (AvgIpc) is 3.42. The largest absolute Gasteiger partial charge is 0.508 e. The number of aromatic hydroxyl groups is 1. The van der Waals surface area contributed by atoms with E-state index in [4.69, 9.17) is 0 Å². The maximum atomic E-state index is 13.2. The fourth-order valence-corrected chi connectivity index (χ4v) is 4.74. The van der Waals surface area contributed by atoms with Gasteiger partial charge in [-0.05, 0) is 36.2 Å². The number of phenols is 1. The van der Waals surface area contributed by atoms with Crippen LogP contribution in [0, 0.1) is 0 Å². The van der Waals surface area contributed by atoms with Crippen LogP contribution < -0.4 is 5.56 Å². The van der Waals surface area contributed by atoms with Crippen LogP contribution in [0.5, 0.6) is 5.75 Å². The highest BCUT2D eigenvalue weighted by Crippen LogP contribution is 2.31. The summed E-state index contributed by atoms with van der Waals surface area (Å²) >= 11 is 1.22. The highest BCUT2D eigenvalue weighted by molar-refractivity contribution is 7.17. The summed E-state index contributed by atoms with van der Waals surface area (Å²) in [7, 11) is 0. The lowest BCUT2D eigenvalue weighted by Gasteiger charge is -2.16. The Bertz CT molecular complexity index is 1300. The number of pyridine rings is 1. The van der Waals surface area contributed by atoms with Crippen LogP contribution in [0.4, 0.5) is 0 Å². The normalized spacial score (nSPS) is 16.3. The number of hydrogen-bond donors (Lipinski definition) is 2. The molecule has 0 saturated carbocycles. The summed E-state index contributed by atoms with van der Waals surface area (Å²) in [5.74, 6) is 0.617. The summed E-state index contributed by atoms with van der Waals surface area (Å²) in [6.45, 7) is 1.18. The van der Waals surface area contributed by atoms with Crippen molar-refractivity contribution < 1.29 is 9.90 Å². The van der Waals surface area contributed by atoms with Crippen LogP contribution in [0.3, 0.4) is 0 Å². The van der Waals surface area contributed by atoms with Gasteiger partial charge in [0.15, 0.2) is 5.82 Å². The lowest BCUT2D eigenvalue weighted by molar-refractivity contribution is 0.0793. The number of carbonyl (C=O) groups excluding carboxylic acids is 1. The van der Waals surface area contributed by atoms with Gasteiger partial charge in [0.25, 0.3) is 11.5 Å². The van der Waals surface area contributed by atoms with Crippen LogP contribution in [0.1, 0.15) is 28.3 Å². The molecule has 0 radical (unpaired) electrons. The van der Waals surface area contributed by atoms with Gasteiger partial charge in [-0.25, -0.2) is 4.98 Å². The van der Waals surface area contributed by atoms with Crippen molar-refractivity contribution in [3.05, 3.63) is 75.5 Å². The second-order valence-corrected chi connectivity index (χ2v) is 8.17. The van der Waals surface area contributed by atoms with E-state index in [0.29, 0.717) is 40.4 Å². The van der Waals surface area contributed by atoms with Crippen molar-refractivity contribution in [1.82, 2.24) is 19.9 Å². The number of fused-ring (bicyclic) bond motifs is 1. The first-order valence-corrected chi connectivity index (χ1v) is 10.5. The third-order valence-electron chi connectivity index (χ3n) is 5.38. The van der Waals surface area contributed by atoms with Gasteiger partial charge in [0, 0.05) is 30.6 Å². The van der Waals surface area contributed by atoms with Crippen molar-refractivity contribution in [2.75, 3.05) is 13.1 Å². The predicted octanol–water partition coefficient (Wildman–Crippen LogP) is 3.38. The molecule has 5 rings (SSSR count). The minimum atomic E-state index is -0.274. The van der Waals surface area contributed by atoms with E-state index in [1.165, 1.54) is 11.3 Å². The smallest absolute Gasteiger partial charge is 0.269 e. The number of rotatable bonds is 3. The number of nitrogens with zero attached hydrogens (tertiary/aromatic N) is 3. The van der Waals surface area contributed by atoms with Crippen molar-refractivity contribution in [2.45, 2.75) is 12.3 Å². The molecule has 150 valence electrons. The highest BCUT2D eigenvalue weighted by Gasteiger charge is 2.30. The highest BCUT2D eigenvalue weighted by atomic mass is 32.1. The Balaban J connectivity index is 1.47. The molecule has 3 aromatic heterocycles. The standard InChI is InChI=1S/C22H18N4O3S/c27-15-5-3-4-13(10-15)14-7-9-26(11-14)22(29)16-12-30-19-18(16)24-20(25-21(19)28)17-6-1-2-8-23-17/h1-6,8,10,12,14,27H,7,9,11H2,(H,24,25,28). The maximum absolute atomic E-state index is 13.2. The summed E-state index contributed by atoms with van der Waals surface area (Å²) in [4.78, 5) is 39.1. The predicted molar refractivity (Wildman–Crippen MR) is 115 cm³/mol. The molecule has 0 spiro atoms. The molecule has 1 atom stereocenters. The Morgan fingerprint density at radius 1 is 1.23 bits per heavy atom. The molecule has 1 saturated heterocycles. The zero-order valence-corrected chi connectivity index (χ0v) is 16.7. The number of phenolic OH excluding ortho intramolecular Hbond substituents is 1. The SMILES string of the molecule is O=C(c1csc2c(=O)[nH]c(-c3ccccn3)nc12)N1CCC(c2cccc(O)c2)C1. The van der Waals surface area contributed by atoms with Gasteiger partial charge >= 0.3 is 0 Å². The van der Waals surface area contributed by atoms with Gasteiger partial charge in [0.1, 0.15) is 21.7 Å². The Morgan fingerprint density at radius 2 is 2.13 bits per heavy atom. The molecular weight excluding hydrogens is 400 g/mol. The summed E-state index contributed by atoms with van der Waals surface area (Å²) < 4.78 is 0.432. The summed E-state index contributed by atoms with van der Waals surface area (Å²) in [5.41, 5.74) is 2.15. The van der Waals surface area contributed by atoms with E-state index in [1.54, 1.807) is 40.7 Å². The van der Waals surface area contributed by atoms with Crippen LogP contribution in [0.2, 0.25) is 0 Å². The molecule has 8 heteroatoms. The van der Waals surface area contributed by atoms with Crippen LogP contribution in [-0.4, -0.2) is 44.0 Å². The van der Waals surface area contributed by atoms with E-state index in [0.717, 1.165) is 12.0 Å². The van der Waals surface area contributed by atoms with Crippen LogP contribution in [0.25, 0.3) is 21.7 Å². The van der Waals surface area contributed by atoms with Crippen LogP contribution in [-0.2, 0) is 0 Å². The number of carbonyl (C=O) groups is 1. The van der Waals surface area contributed by atoms with Gasteiger partial charge in [-0.2, -0.15) is 0 Å². The van der Waals surface area contributed by atoms with Gasteiger partial charge in [-0.1, -0.05) is 18.2 Å². The number of H-pyrrole nitrogens is 1. The number of amides is 1. The Kier molecular flexibility index (Phi) is 4.55. The molecule has 30 heavy (non-hydrogen) atoms. The van der Waals surface area contributed by atoms with Gasteiger partial charge in [-0.3, -0.25) is 14.6 Å². The third kappa shape index (κ3) is 3.25. The quantitative estimate of drug-likeness (QED) is 0.531. The lowest BCUT2D eigenvalue weighted by Crippen LogP contribution is -2.28. The molecule has 1 amide bonds. The molecule has 7 nitrogen and oxygen atoms in total. The Morgan fingerprint density at radius 3 is 2.93 bits per heavy atom. The van der Waals surface area contributed by atoms with E-state index in [1.807, 2.05) is 18.2 Å². The van der Waals surface area contributed by atoms with Crippen molar-refractivity contribution >= 4 is 27.5 Å². The maximum Gasteiger partial charge on any atom is 0.269 e. The fourth-order valence-electron chi connectivity index (χ4n) is 3.87. The minimum Gasteiger partial charge on any atom is -0.508 e. The van der Waals surface area contributed by atoms with Gasteiger partial charge < -0.3 is 15.0 Å². The van der Waals surface area contributed by atoms with E-state index in [9.17, 15) is 14.7 Å². The molecule has 1 fully saturated rings. The molecule has 4 aromatic rings. The zero-order valence-electron chi connectivity index (χ0n) is 15.9. The number of aromatic amines is 1. The van der Waals surface area contributed by atoms with Crippen molar-refractivity contribution in [2.24, 2.45) is 0 Å². The zero-order chi connectivity index (χ0) is 20.7. The first-order chi connectivity index (χ1) is 14.6. The molecule has 1 aliphatic rings. The second-order valence-electron chi connectivity index (χ2n) is 7.29. The van der Waals surface area contributed by atoms with Gasteiger partial charge in [-0.15, -0.1) is 11.3 Å². The Hall–Kier alpha value is -3.52. The second kappa shape index (κ2) is 7.38. The molecule has 0 bridgehead atoms. The minimum absolute atomic E-state index is 0.131. The first kappa shape index (κ1) is 18.5. The summed E-state index contributed by atoms with van der Waals surface area (Å²) in [5, 5.41) is 11.4. The number of likely N-dealkylation sites (tertiary alicyclic amines) is 1. The molecule has 1 aromatic carbocycles. The van der Waals surface area contributed by atoms with Gasteiger partial charge in [0.05, 0.1) is 5.56 Å². The number of nitrogens with one attached hydrogen (secondary N) is 1. The molecule has 0 aliphatic carbocycles. The number of aromatic nitrogens is 3. The van der Waals surface area contributed by atoms with Crippen molar-refractivity contribution in [1.29, 1.82) is 0 Å². The number of benzene rings is 1. The molecule has 1 aliphatic heterocycles. The molecular formula is C22H18N4O3S. The molecule has 4 heterocycles. The first-order valence-electron chi connectivity index (χ1n) is 9.61. The Labute approximate surface area is 175 Å². The number of thiophene rings is 1. The summed E-state index contributed by atoms with van der Waals surface area (Å²) in [6, 6.07) is 12.5. The fraction of sp³-hybridized carbons (Fsp3) is 0.182. The number of hydrogen-bond acceptors (Lipinski definition) is 6. The average molecular weight is 418 g/mol. The summed E-state index contributed by atoms with van der Waals surface area (Å²) in [6.07, 6.45) is 2.45. The van der Waals surface area contributed by atoms with E-state index in [-0.39, 0.29) is 23.1 Å². The van der Waals surface area contributed by atoms with Crippen molar-refractivity contribution in [3.63, 3.8) is 0 Å². The van der Waals surface area contributed by atoms with Crippen LogP contribution >= 0.6 is 11.3 Å². The van der Waals surface area contributed by atoms with Crippen molar-refractivity contribution in [3.8, 4) is 17.3 Å². The van der Waals surface area contributed by atoms with Crippen LogP contribution in [0.15, 0.2) is 58.8 Å².